The van der Waals surface area contributed by atoms with E-state index in [0.29, 0.717) is 11.5 Å². The lowest BCUT2D eigenvalue weighted by molar-refractivity contribution is -0.142. The first kappa shape index (κ1) is 20.4. The van der Waals surface area contributed by atoms with E-state index in [4.69, 9.17) is 14.2 Å². The van der Waals surface area contributed by atoms with Crippen molar-refractivity contribution in [2.75, 3.05) is 13.7 Å². The Morgan fingerprint density at radius 3 is 2.69 bits per heavy atom. The molecular weight excluding hydrogens is 376 g/mol. The molecule has 0 aliphatic carbocycles. The van der Waals surface area contributed by atoms with Gasteiger partial charge in [-0.3, -0.25) is 4.90 Å². The smallest absolute Gasteiger partial charge is 0.411 e. The zero-order valence-electron chi connectivity index (χ0n) is 16.8. The first-order valence-corrected chi connectivity index (χ1v) is 9.17. The number of carboxylic acid groups (broad SMARTS) is 1. The molecule has 1 saturated heterocycles. The molecule has 1 aliphatic heterocycles. The molecule has 1 atom stereocenters. The third-order valence-corrected chi connectivity index (χ3v) is 4.39. The molecule has 1 amide bonds. The maximum absolute atomic E-state index is 12.4. The molecule has 0 radical (unpaired) electrons. The maximum Gasteiger partial charge on any atom is 0.411 e. The Kier molecular flexibility index (Phi) is 5.63. The van der Waals surface area contributed by atoms with Gasteiger partial charge in [0.05, 0.1) is 13.4 Å². The topological polar surface area (TPSA) is 98.2 Å². The number of aliphatic carboxylic acids is 1. The van der Waals surface area contributed by atoms with Crippen molar-refractivity contribution < 1.29 is 28.9 Å². The number of hydrogen-bond donors (Lipinski definition) is 1. The van der Waals surface area contributed by atoms with Crippen LogP contribution in [0.25, 0.3) is 10.8 Å². The Bertz CT molecular complexity index is 963. The molecule has 1 fully saturated rings. The largest absolute Gasteiger partial charge is 0.497 e. The van der Waals surface area contributed by atoms with E-state index in [0.717, 1.165) is 16.5 Å². The fraction of sp³-hybridized carbons (Fsp3) is 0.381. The quantitative estimate of drug-likeness (QED) is 0.783. The summed E-state index contributed by atoms with van der Waals surface area (Å²) < 4.78 is 16.3. The average molecular weight is 400 g/mol. The summed E-state index contributed by atoms with van der Waals surface area (Å²) in [6.45, 7) is 5.32. The lowest BCUT2D eigenvalue weighted by Crippen LogP contribution is -2.43. The highest BCUT2D eigenvalue weighted by Gasteiger charge is 2.39. The fourth-order valence-corrected chi connectivity index (χ4v) is 3.06. The molecule has 0 unspecified atom stereocenters. The first-order chi connectivity index (χ1) is 13.7. The van der Waals surface area contributed by atoms with Gasteiger partial charge in [0.25, 0.3) is 0 Å². The number of carbonyl (C=O) groups is 2. The maximum atomic E-state index is 12.4. The Morgan fingerprint density at radius 2 is 2.03 bits per heavy atom. The first-order valence-electron chi connectivity index (χ1n) is 9.17. The molecular formula is C21H24N2O6. The molecule has 29 heavy (non-hydrogen) atoms. The molecule has 154 valence electrons. The summed E-state index contributed by atoms with van der Waals surface area (Å²) in [5.74, 6) is 0.0241. The average Bonchev–Trinajstić information content (AvgIpc) is 3.09. The number of amides is 1. The number of rotatable bonds is 4. The van der Waals surface area contributed by atoms with Crippen molar-refractivity contribution in [3.8, 4) is 11.6 Å². The molecule has 2 heterocycles. The summed E-state index contributed by atoms with van der Waals surface area (Å²) in [4.78, 5) is 29.4. The van der Waals surface area contributed by atoms with Crippen LogP contribution in [0.3, 0.4) is 0 Å². The zero-order chi connectivity index (χ0) is 21.2. The van der Waals surface area contributed by atoms with Crippen molar-refractivity contribution in [3.63, 3.8) is 0 Å². The van der Waals surface area contributed by atoms with Gasteiger partial charge in [0.1, 0.15) is 17.4 Å². The van der Waals surface area contributed by atoms with Crippen molar-refractivity contribution in [1.29, 1.82) is 0 Å². The normalized spacial score (nSPS) is 18.1. The number of carboxylic acids is 1. The van der Waals surface area contributed by atoms with Crippen LogP contribution in [0.2, 0.25) is 0 Å². The van der Waals surface area contributed by atoms with E-state index in [-0.39, 0.29) is 13.0 Å². The molecule has 1 aromatic heterocycles. The third kappa shape index (κ3) is 4.77. The summed E-state index contributed by atoms with van der Waals surface area (Å²) in [6, 6.07) is 6.38. The molecule has 3 rings (SSSR count). The number of likely N-dealkylation sites (tertiary alicyclic amines) is 1. The van der Waals surface area contributed by atoms with Crippen LogP contribution in [0.1, 0.15) is 27.2 Å². The number of carbonyl (C=O) groups excluding carboxylic acids is 1. The lowest BCUT2D eigenvalue weighted by Gasteiger charge is -2.26. The molecule has 1 aromatic carbocycles. The Labute approximate surface area is 168 Å². The number of ether oxygens (including phenoxy) is 3. The van der Waals surface area contributed by atoms with E-state index in [1.165, 1.54) is 11.2 Å². The van der Waals surface area contributed by atoms with Gasteiger partial charge >= 0.3 is 12.1 Å². The lowest BCUT2D eigenvalue weighted by atomic mass is 10.1. The minimum atomic E-state index is -1.09. The Balaban J connectivity index is 1.80. The van der Waals surface area contributed by atoms with Gasteiger partial charge < -0.3 is 19.3 Å². The zero-order valence-corrected chi connectivity index (χ0v) is 16.8. The van der Waals surface area contributed by atoms with Crippen LogP contribution in [0.5, 0.6) is 11.6 Å². The van der Waals surface area contributed by atoms with Crippen LogP contribution in [0, 0.1) is 0 Å². The molecule has 0 spiro atoms. The number of aromatic nitrogens is 1. The highest BCUT2D eigenvalue weighted by atomic mass is 16.6. The highest BCUT2D eigenvalue weighted by molar-refractivity contribution is 5.88. The van der Waals surface area contributed by atoms with E-state index in [2.05, 4.69) is 4.98 Å². The van der Waals surface area contributed by atoms with Crippen molar-refractivity contribution in [2.45, 2.75) is 38.8 Å². The summed E-state index contributed by atoms with van der Waals surface area (Å²) >= 11 is 0. The summed E-state index contributed by atoms with van der Waals surface area (Å²) in [5.41, 5.74) is -0.0487. The predicted molar refractivity (Wildman–Crippen MR) is 106 cm³/mol. The SMILES string of the molecule is COc1ccc2c(O/C=C3\C[C@@H](C(=O)O)N(C(=O)OC(C)(C)C)C3)nccc2c1. The minimum Gasteiger partial charge on any atom is -0.497 e. The number of nitrogens with zero attached hydrogens (tertiary/aromatic N) is 2. The summed E-state index contributed by atoms with van der Waals surface area (Å²) in [5, 5.41) is 11.2. The second-order valence-electron chi connectivity index (χ2n) is 7.76. The van der Waals surface area contributed by atoms with Crippen LogP contribution < -0.4 is 9.47 Å². The Hall–Kier alpha value is -3.29. The highest BCUT2D eigenvalue weighted by Crippen LogP contribution is 2.29. The van der Waals surface area contributed by atoms with Crippen LogP contribution in [0.4, 0.5) is 4.79 Å². The number of benzene rings is 1. The van der Waals surface area contributed by atoms with Gasteiger partial charge in [-0.1, -0.05) is 0 Å². The van der Waals surface area contributed by atoms with E-state index in [9.17, 15) is 14.7 Å². The molecule has 0 saturated carbocycles. The van der Waals surface area contributed by atoms with E-state index in [1.54, 1.807) is 34.1 Å². The molecule has 8 nitrogen and oxygen atoms in total. The van der Waals surface area contributed by atoms with E-state index < -0.39 is 23.7 Å². The standard InChI is InChI=1S/C21H24N2O6/c1-21(2,3)29-20(26)23-11-13(9-17(23)19(24)25)12-28-18-16-6-5-15(27-4)10-14(16)7-8-22-18/h5-8,10,12,17H,9,11H2,1-4H3,(H,24,25)/b13-12+/t17-/m0/s1. The van der Waals surface area contributed by atoms with Crippen LogP contribution in [0.15, 0.2) is 42.3 Å². The number of hydrogen-bond acceptors (Lipinski definition) is 6. The Morgan fingerprint density at radius 1 is 1.28 bits per heavy atom. The van der Waals surface area contributed by atoms with Crippen molar-refractivity contribution in [2.24, 2.45) is 0 Å². The number of methoxy groups -OCH3 is 1. The summed E-state index contributed by atoms with van der Waals surface area (Å²) in [7, 11) is 1.60. The number of pyridine rings is 1. The van der Waals surface area contributed by atoms with Gasteiger partial charge in [-0.05, 0) is 56.0 Å². The summed E-state index contributed by atoms with van der Waals surface area (Å²) in [6.07, 6.45) is 2.58. The van der Waals surface area contributed by atoms with E-state index in [1.807, 2.05) is 24.3 Å². The van der Waals surface area contributed by atoms with Crippen LogP contribution in [-0.2, 0) is 9.53 Å². The van der Waals surface area contributed by atoms with Gasteiger partial charge in [0.2, 0.25) is 5.88 Å². The van der Waals surface area contributed by atoms with Crippen molar-refractivity contribution in [3.05, 3.63) is 42.3 Å². The molecule has 1 aliphatic rings. The van der Waals surface area contributed by atoms with Gasteiger partial charge in [0.15, 0.2) is 0 Å². The molecule has 8 heteroatoms. The predicted octanol–water partition coefficient (Wildman–Crippen LogP) is 3.60. The van der Waals surface area contributed by atoms with E-state index >= 15 is 0 Å². The third-order valence-electron chi connectivity index (χ3n) is 4.39. The second-order valence-corrected chi connectivity index (χ2v) is 7.76. The minimum absolute atomic E-state index is 0.116. The molecule has 1 N–H and O–H groups in total. The van der Waals surface area contributed by atoms with Gasteiger partial charge in [-0.15, -0.1) is 0 Å². The molecule has 2 aromatic rings. The molecule has 0 bridgehead atoms. The van der Waals surface area contributed by atoms with Crippen LogP contribution in [-0.4, -0.2) is 52.4 Å². The van der Waals surface area contributed by atoms with Gasteiger partial charge in [-0.2, -0.15) is 0 Å². The second kappa shape index (κ2) is 7.98. The van der Waals surface area contributed by atoms with Crippen molar-refractivity contribution in [1.82, 2.24) is 9.88 Å². The van der Waals surface area contributed by atoms with Gasteiger partial charge in [-0.25, -0.2) is 14.6 Å². The van der Waals surface area contributed by atoms with Crippen LogP contribution >= 0.6 is 0 Å². The van der Waals surface area contributed by atoms with Crippen molar-refractivity contribution >= 4 is 22.8 Å². The monoisotopic (exact) mass is 400 g/mol. The fourth-order valence-electron chi connectivity index (χ4n) is 3.06. The van der Waals surface area contributed by atoms with Gasteiger partial charge in [0, 0.05) is 24.5 Å². The number of fused-ring (bicyclic) bond motifs is 1.